The molecule has 1 heterocycles. The van der Waals surface area contributed by atoms with E-state index in [1.807, 2.05) is 6.92 Å². The number of benzene rings is 1. The SMILES string of the molecule is C[C@H](C(=O)NCCc1ccc(F)cc1)N1CCN(CCO)CC1. The number of rotatable bonds is 7. The summed E-state index contributed by atoms with van der Waals surface area (Å²) in [5.41, 5.74) is 1.01. The van der Waals surface area contributed by atoms with Crippen LogP contribution in [0.2, 0.25) is 0 Å². The van der Waals surface area contributed by atoms with Crippen molar-refractivity contribution in [3.63, 3.8) is 0 Å². The standard InChI is InChI=1S/C17H26FN3O2/c1-14(21-10-8-20(9-11-21)12-13-22)17(23)19-7-6-15-2-4-16(18)5-3-15/h2-5,14,22H,6-13H2,1H3,(H,19,23)/t14-/m1/s1. The average Bonchev–Trinajstić information content (AvgIpc) is 2.57. The molecule has 0 saturated carbocycles. The summed E-state index contributed by atoms with van der Waals surface area (Å²) >= 11 is 0. The topological polar surface area (TPSA) is 55.8 Å². The first-order valence-electron chi connectivity index (χ1n) is 8.19. The Balaban J connectivity index is 1.69. The summed E-state index contributed by atoms with van der Waals surface area (Å²) in [6.45, 7) is 6.81. The van der Waals surface area contributed by atoms with Crippen molar-refractivity contribution in [3.05, 3.63) is 35.6 Å². The number of carbonyl (C=O) groups excluding carboxylic acids is 1. The number of piperazine rings is 1. The molecule has 5 nitrogen and oxygen atoms in total. The number of nitrogens with one attached hydrogen (secondary N) is 1. The second kappa shape index (κ2) is 8.96. The van der Waals surface area contributed by atoms with Crippen molar-refractivity contribution < 1.29 is 14.3 Å². The molecule has 0 aromatic heterocycles. The van der Waals surface area contributed by atoms with Gasteiger partial charge in [-0.1, -0.05) is 12.1 Å². The molecule has 1 saturated heterocycles. The maximum atomic E-state index is 12.8. The molecule has 1 amide bonds. The number of hydrogen-bond acceptors (Lipinski definition) is 4. The summed E-state index contributed by atoms with van der Waals surface area (Å²) in [5.74, 6) is -0.213. The van der Waals surface area contributed by atoms with Gasteiger partial charge in [0.15, 0.2) is 0 Å². The maximum Gasteiger partial charge on any atom is 0.237 e. The van der Waals surface area contributed by atoms with Crippen LogP contribution in [0.5, 0.6) is 0 Å². The van der Waals surface area contributed by atoms with Crippen LogP contribution in [0.15, 0.2) is 24.3 Å². The van der Waals surface area contributed by atoms with Crippen LogP contribution in [-0.2, 0) is 11.2 Å². The quantitative estimate of drug-likeness (QED) is 0.766. The van der Waals surface area contributed by atoms with Gasteiger partial charge in [-0.25, -0.2) is 4.39 Å². The number of β-amino-alcohol motifs (C(OH)–C–C–N with tert-alkyl or cyclic N) is 1. The van der Waals surface area contributed by atoms with Crippen molar-refractivity contribution in [3.8, 4) is 0 Å². The highest BCUT2D eigenvalue weighted by Crippen LogP contribution is 2.07. The van der Waals surface area contributed by atoms with Crippen molar-refractivity contribution in [2.75, 3.05) is 45.9 Å². The predicted molar refractivity (Wildman–Crippen MR) is 87.7 cm³/mol. The highest BCUT2D eigenvalue weighted by molar-refractivity contribution is 5.81. The minimum absolute atomic E-state index is 0.0303. The summed E-state index contributed by atoms with van der Waals surface area (Å²) < 4.78 is 12.8. The zero-order valence-corrected chi connectivity index (χ0v) is 13.7. The number of aliphatic hydroxyl groups is 1. The molecular weight excluding hydrogens is 297 g/mol. The van der Waals surface area contributed by atoms with Gasteiger partial charge in [-0.2, -0.15) is 0 Å². The fourth-order valence-electron chi connectivity index (χ4n) is 2.81. The molecule has 0 aliphatic carbocycles. The second-order valence-electron chi connectivity index (χ2n) is 5.94. The Labute approximate surface area is 137 Å². The molecule has 128 valence electrons. The molecule has 0 radical (unpaired) electrons. The molecule has 1 aliphatic heterocycles. The van der Waals surface area contributed by atoms with Gasteiger partial charge in [0.05, 0.1) is 12.6 Å². The van der Waals surface area contributed by atoms with Gasteiger partial charge in [0.25, 0.3) is 0 Å². The number of halogens is 1. The first-order valence-corrected chi connectivity index (χ1v) is 8.19. The highest BCUT2D eigenvalue weighted by Gasteiger charge is 2.24. The van der Waals surface area contributed by atoms with Crippen LogP contribution in [0.25, 0.3) is 0 Å². The number of carbonyl (C=O) groups is 1. The van der Waals surface area contributed by atoms with Crippen LogP contribution in [0.3, 0.4) is 0 Å². The van der Waals surface area contributed by atoms with E-state index in [0.29, 0.717) is 19.5 Å². The summed E-state index contributed by atoms with van der Waals surface area (Å²) in [5, 5.41) is 11.9. The smallest absolute Gasteiger partial charge is 0.237 e. The summed E-state index contributed by atoms with van der Waals surface area (Å²) in [6, 6.07) is 6.20. The van der Waals surface area contributed by atoms with Crippen LogP contribution in [0.4, 0.5) is 4.39 Å². The number of hydrogen-bond donors (Lipinski definition) is 2. The molecule has 1 aromatic rings. The van der Waals surface area contributed by atoms with Crippen LogP contribution >= 0.6 is 0 Å². The van der Waals surface area contributed by atoms with Crippen molar-refractivity contribution in [2.45, 2.75) is 19.4 Å². The molecule has 6 heteroatoms. The van der Waals surface area contributed by atoms with Crippen LogP contribution in [-0.4, -0.2) is 72.7 Å². The maximum absolute atomic E-state index is 12.8. The van der Waals surface area contributed by atoms with E-state index in [-0.39, 0.29) is 24.4 Å². The molecule has 2 rings (SSSR count). The Morgan fingerprint density at radius 1 is 1.26 bits per heavy atom. The number of aliphatic hydroxyl groups excluding tert-OH is 1. The summed E-state index contributed by atoms with van der Waals surface area (Å²) in [4.78, 5) is 16.6. The minimum Gasteiger partial charge on any atom is -0.395 e. The van der Waals surface area contributed by atoms with E-state index < -0.39 is 0 Å². The predicted octanol–water partition coefficient (Wildman–Crippen LogP) is 0.483. The van der Waals surface area contributed by atoms with Gasteiger partial charge < -0.3 is 10.4 Å². The molecule has 23 heavy (non-hydrogen) atoms. The zero-order chi connectivity index (χ0) is 16.7. The fourth-order valence-corrected chi connectivity index (χ4v) is 2.81. The molecule has 1 aromatic carbocycles. The van der Waals surface area contributed by atoms with Crippen LogP contribution in [0.1, 0.15) is 12.5 Å². The van der Waals surface area contributed by atoms with E-state index in [0.717, 1.165) is 31.7 Å². The Kier molecular flexibility index (Phi) is 6.95. The molecule has 1 fully saturated rings. The van der Waals surface area contributed by atoms with Crippen molar-refractivity contribution in [1.82, 2.24) is 15.1 Å². The minimum atomic E-state index is -0.244. The molecule has 1 atom stereocenters. The van der Waals surface area contributed by atoms with Crippen LogP contribution < -0.4 is 5.32 Å². The van der Waals surface area contributed by atoms with Gasteiger partial charge in [0, 0.05) is 39.3 Å². The van der Waals surface area contributed by atoms with E-state index in [9.17, 15) is 9.18 Å². The Morgan fingerprint density at radius 3 is 2.52 bits per heavy atom. The normalized spacial score (nSPS) is 17.9. The monoisotopic (exact) mass is 323 g/mol. The largest absolute Gasteiger partial charge is 0.395 e. The second-order valence-corrected chi connectivity index (χ2v) is 5.94. The van der Waals surface area contributed by atoms with Crippen molar-refractivity contribution >= 4 is 5.91 Å². The Morgan fingerprint density at radius 2 is 1.91 bits per heavy atom. The lowest BCUT2D eigenvalue weighted by atomic mass is 10.1. The van der Waals surface area contributed by atoms with E-state index in [4.69, 9.17) is 5.11 Å². The summed E-state index contributed by atoms with van der Waals surface area (Å²) in [6.07, 6.45) is 0.697. The molecule has 0 bridgehead atoms. The van der Waals surface area contributed by atoms with E-state index in [1.165, 1.54) is 12.1 Å². The zero-order valence-electron chi connectivity index (χ0n) is 13.7. The van der Waals surface area contributed by atoms with Crippen molar-refractivity contribution in [2.24, 2.45) is 0 Å². The van der Waals surface area contributed by atoms with Crippen molar-refractivity contribution in [1.29, 1.82) is 0 Å². The van der Waals surface area contributed by atoms with Gasteiger partial charge in [0.1, 0.15) is 5.82 Å². The first kappa shape index (κ1) is 17.8. The van der Waals surface area contributed by atoms with Gasteiger partial charge in [-0.15, -0.1) is 0 Å². The Bertz CT molecular complexity index is 487. The average molecular weight is 323 g/mol. The third-order valence-electron chi connectivity index (χ3n) is 4.38. The third kappa shape index (κ3) is 5.57. The fraction of sp³-hybridized carbons (Fsp3) is 0.588. The van der Waals surface area contributed by atoms with Crippen LogP contribution in [0, 0.1) is 5.82 Å². The highest BCUT2D eigenvalue weighted by atomic mass is 19.1. The lowest BCUT2D eigenvalue weighted by Crippen LogP contribution is -2.54. The Hall–Kier alpha value is -1.50. The number of amides is 1. The summed E-state index contributed by atoms with van der Waals surface area (Å²) in [7, 11) is 0. The third-order valence-corrected chi connectivity index (χ3v) is 4.38. The lowest BCUT2D eigenvalue weighted by Gasteiger charge is -2.37. The van der Waals surface area contributed by atoms with Gasteiger partial charge in [0.2, 0.25) is 5.91 Å². The molecule has 0 unspecified atom stereocenters. The lowest BCUT2D eigenvalue weighted by molar-refractivity contribution is -0.126. The van der Waals surface area contributed by atoms with Gasteiger partial charge in [-0.05, 0) is 31.0 Å². The van der Waals surface area contributed by atoms with E-state index in [2.05, 4.69) is 15.1 Å². The van der Waals surface area contributed by atoms with E-state index in [1.54, 1.807) is 12.1 Å². The van der Waals surface area contributed by atoms with E-state index >= 15 is 0 Å². The molecule has 1 aliphatic rings. The number of nitrogens with zero attached hydrogens (tertiary/aromatic N) is 2. The molecule has 0 spiro atoms. The molecular formula is C17H26FN3O2. The first-order chi connectivity index (χ1) is 11.1. The van der Waals surface area contributed by atoms with Gasteiger partial charge in [-0.3, -0.25) is 14.6 Å². The molecule has 2 N–H and O–H groups in total. The van der Waals surface area contributed by atoms with Gasteiger partial charge >= 0.3 is 0 Å².